The third kappa shape index (κ3) is 3.32. The molecule has 0 spiro atoms. The van der Waals surface area contributed by atoms with Gasteiger partial charge in [0.05, 0.1) is 11.2 Å². The van der Waals surface area contributed by atoms with Crippen molar-refractivity contribution in [1.29, 1.82) is 0 Å². The van der Waals surface area contributed by atoms with E-state index < -0.39 is 6.10 Å². The third-order valence-corrected chi connectivity index (χ3v) is 5.93. The van der Waals surface area contributed by atoms with E-state index in [0.29, 0.717) is 17.6 Å². The summed E-state index contributed by atoms with van der Waals surface area (Å²) in [4.78, 5) is 24.7. The molecule has 0 radical (unpaired) electrons. The smallest absolute Gasteiger partial charge is 0.338 e. The Morgan fingerprint density at radius 1 is 1.30 bits per heavy atom. The second-order valence-electron chi connectivity index (χ2n) is 7.84. The molecule has 0 bridgehead atoms. The molecule has 5 atom stereocenters. The first kappa shape index (κ1) is 18.0. The van der Waals surface area contributed by atoms with Crippen molar-refractivity contribution in [3.8, 4) is 0 Å². The van der Waals surface area contributed by atoms with Crippen LogP contribution in [0.5, 0.6) is 0 Å². The number of ether oxygens (including phenoxy) is 3. The number of hydrogen-bond acceptors (Lipinski definition) is 5. The molecule has 5 heteroatoms. The molecule has 2 fully saturated rings. The lowest BCUT2D eigenvalue weighted by Crippen LogP contribution is -2.33. The molecule has 1 aliphatic carbocycles. The summed E-state index contributed by atoms with van der Waals surface area (Å²) in [6.45, 7) is 7.95. The molecule has 1 aromatic carbocycles. The van der Waals surface area contributed by atoms with Crippen LogP contribution in [0.1, 0.15) is 43.5 Å². The fourth-order valence-electron chi connectivity index (χ4n) is 4.10. The first-order chi connectivity index (χ1) is 12.9. The van der Waals surface area contributed by atoms with E-state index in [4.69, 9.17) is 14.2 Å². The fourth-order valence-corrected chi connectivity index (χ4v) is 4.10. The summed E-state index contributed by atoms with van der Waals surface area (Å²) in [5.41, 5.74) is 1.66. The topological polar surface area (TPSA) is 65.1 Å². The van der Waals surface area contributed by atoms with Crippen LogP contribution in [0.3, 0.4) is 0 Å². The Balaban J connectivity index is 1.60. The number of hydrogen-bond donors (Lipinski definition) is 0. The highest BCUT2D eigenvalue weighted by atomic mass is 16.6. The maximum absolute atomic E-state index is 12.6. The van der Waals surface area contributed by atoms with Gasteiger partial charge >= 0.3 is 11.9 Å². The number of epoxide rings is 1. The van der Waals surface area contributed by atoms with Crippen LogP contribution < -0.4 is 0 Å². The van der Waals surface area contributed by atoms with Crippen molar-refractivity contribution >= 4 is 11.9 Å². The van der Waals surface area contributed by atoms with E-state index >= 15 is 0 Å². The van der Waals surface area contributed by atoms with E-state index in [1.165, 1.54) is 0 Å². The minimum absolute atomic E-state index is 0.122. The first-order valence-electron chi connectivity index (χ1n) is 9.39. The Morgan fingerprint density at radius 2 is 2.04 bits per heavy atom. The van der Waals surface area contributed by atoms with E-state index in [2.05, 4.69) is 19.6 Å². The third-order valence-electron chi connectivity index (χ3n) is 5.93. The van der Waals surface area contributed by atoms with Crippen molar-refractivity contribution in [2.24, 2.45) is 5.92 Å². The van der Waals surface area contributed by atoms with E-state index in [-0.39, 0.29) is 35.7 Å². The number of esters is 2. The van der Waals surface area contributed by atoms with Gasteiger partial charge in [0.2, 0.25) is 0 Å². The Kier molecular flexibility index (Phi) is 4.42. The number of carbonyl (C=O) groups excluding carboxylic acids is 2. The summed E-state index contributed by atoms with van der Waals surface area (Å²) >= 11 is 0. The Morgan fingerprint density at radius 3 is 2.78 bits per heavy atom. The molecule has 5 nitrogen and oxygen atoms in total. The average molecular weight is 368 g/mol. The summed E-state index contributed by atoms with van der Waals surface area (Å²) in [7, 11) is 0. The van der Waals surface area contributed by atoms with Gasteiger partial charge in [0.15, 0.2) is 0 Å². The van der Waals surface area contributed by atoms with E-state index in [9.17, 15) is 9.59 Å². The van der Waals surface area contributed by atoms with Crippen molar-refractivity contribution in [3.05, 3.63) is 59.7 Å². The van der Waals surface area contributed by atoms with Gasteiger partial charge in [0.1, 0.15) is 18.3 Å². The van der Waals surface area contributed by atoms with Gasteiger partial charge in [-0.2, -0.15) is 0 Å². The predicted octanol–water partition coefficient (Wildman–Crippen LogP) is 3.60. The number of rotatable bonds is 2. The van der Waals surface area contributed by atoms with E-state index in [0.717, 1.165) is 18.4 Å². The van der Waals surface area contributed by atoms with Gasteiger partial charge in [-0.05, 0) is 50.8 Å². The van der Waals surface area contributed by atoms with Crippen molar-refractivity contribution in [1.82, 2.24) is 0 Å². The number of carbonyl (C=O) groups is 2. The van der Waals surface area contributed by atoms with Crippen molar-refractivity contribution in [3.63, 3.8) is 0 Å². The second kappa shape index (κ2) is 6.64. The lowest BCUT2D eigenvalue weighted by molar-refractivity contribution is -0.140. The minimum atomic E-state index is -0.431. The number of allylic oxidation sites excluding steroid dienone is 1. The zero-order valence-corrected chi connectivity index (χ0v) is 15.6. The molecule has 2 aliphatic heterocycles. The molecule has 4 rings (SSSR count). The number of benzene rings is 1. The molecule has 0 N–H and O–H groups in total. The van der Waals surface area contributed by atoms with Crippen LogP contribution in [0, 0.1) is 5.92 Å². The van der Waals surface area contributed by atoms with Gasteiger partial charge in [0.25, 0.3) is 0 Å². The molecule has 27 heavy (non-hydrogen) atoms. The first-order valence-corrected chi connectivity index (χ1v) is 9.39. The maximum atomic E-state index is 12.6. The molecule has 3 aliphatic rings. The fraction of sp³-hybridized carbons (Fsp3) is 0.455. The van der Waals surface area contributed by atoms with Crippen molar-refractivity contribution < 1.29 is 23.8 Å². The van der Waals surface area contributed by atoms with Crippen LogP contribution >= 0.6 is 0 Å². The molecule has 142 valence electrons. The van der Waals surface area contributed by atoms with Crippen LogP contribution in [0.2, 0.25) is 0 Å². The molecule has 1 aromatic rings. The summed E-state index contributed by atoms with van der Waals surface area (Å²) in [6.07, 6.45) is 3.31. The van der Waals surface area contributed by atoms with Crippen molar-refractivity contribution in [2.75, 3.05) is 0 Å². The molecular weight excluding hydrogens is 344 g/mol. The highest BCUT2D eigenvalue weighted by Gasteiger charge is 2.61. The monoisotopic (exact) mass is 368 g/mol. The molecule has 2 saturated heterocycles. The number of fused-ring (bicyclic) bond motifs is 3. The van der Waals surface area contributed by atoms with Crippen LogP contribution in [0.15, 0.2) is 54.1 Å². The minimum Gasteiger partial charge on any atom is -0.455 e. The molecule has 2 heterocycles. The SMILES string of the molecule is C=C1C(=O)O[C@@H]2[C@H]3O[C@]3(C)CCC=C(C)C(OC(=O)c3ccccc3)C[C@@H]12. The molecule has 0 saturated carbocycles. The zero-order chi connectivity index (χ0) is 19.2. The molecule has 0 amide bonds. The normalized spacial score (nSPS) is 35.4. The van der Waals surface area contributed by atoms with Gasteiger partial charge in [-0.15, -0.1) is 0 Å². The quantitative estimate of drug-likeness (QED) is 0.345. The van der Waals surface area contributed by atoms with Gasteiger partial charge in [0, 0.05) is 11.5 Å². The van der Waals surface area contributed by atoms with Gasteiger partial charge in [-0.3, -0.25) is 0 Å². The van der Waals surface area contributed by atoms with Crippen LogP contribution in [0.25, 0.3) is 0 Å². The van der Waals surface area contributed by atoms with Gasteiger partial charge in [-0.1, -0.05) is 30.9 Å². The predicted molar refractivity (Wildman–Crippen MR) is 99.0 cm³/mol. The summed E-state index contributed by atoms with van der Waals surface area (Å²) in [5.74, 6) is -0.971. The van der Waals surface area contributed by atoms with Crippen LogP contribution in [0.4, 0.5) is 0 Å². The lowest BCUT2D eigenvalue weighted by Gasteiger charge is -2.25. The zero-order valence-electron chi connectivity index (χ0n) is 15.6. The van der Waals surface area contributed by atoms with Crippen LogP contribution in [-0.2, 0) is 19.0 Å². The Labute approximate surface area is 159 Å². The van der Waals surface area contributed by atoms with Gasteiger partial charge < -0.3 is 14.2 Å². The lowest BCUT2D eigenvalue weighted by atomic mass is 9.83. The maximum Gasteiger partial charge on any atom is 0.338 e. The largest absolute Gasteiger partial charge is 0.455 e. The molecule has 0 aromatic heterocycles. The highest BCUT2D eigenvalue weighted by molar-refractivity contribution is 5.91. The Bertz CT molecular complexity index is 811. The standard InChI is InChI=1S/C22H24O5/c1-13-8-7-11-22(3)19(27-22)18-16(14(2)20(23)26-18)12-17(13)25-21(24)15-9-5-4-6-10-15/h4-6,8-10,16-19H,2,7,11-12H2,1,3H3/t16-,17?,18-,19+,22+/m0/s1. The van der Waals surface area contributed by atoms with E-state index in [1.54, 1.807) is 24.3 Å². The van der Waals surface area contributed by atoms with E-state index in [1.807, 2.05) is 13.0 Å². The molecular formula is C22H24O5. The summed E-state index contributed by atoms with van der Waals surface area (Å²) in [5, 5.41) is 0. The Hall–Kier alpha value is -2.40. The highest BCUT2D eigenvalue weighted by Crippen LogP contribution is 2.50. The van der Waals surface area contributed by atoms with Crippen molar-refractivity contribution in [2.45, 2.75) is 57.0 Å². The molecule has 1 unspecified atom stereocenters. The average Bonchev–Trinajstić information content (AvgIpc) is 3.25. The summed E-state index contributed by atoms with van der Waals surface area (Å²) in [6, 6.07) is 8.93. The van der Waals surface area contributed by atoms with Gasteiger partial charge in [-0.25, -0.2) is 9.59 Å². The van der Waals surface area contributed by atoms with Crippen LogP contribution in [-0.4, -0.2) is 35.9 Å². The second-order valence-corrected chi connectivity index (χ2v) is 7.84. The summed E-state index contributed by atoms with van der Waals surface area (Å²) < 4.78 is 17.3.